The van der Waals surface area contributed by atoms with Crippen molar-refractivity contribution in [1.29, 1.82) is 0 Å². The molecular formula is C16H17ClFNO3S. The molecule has 1 N–H and O–H groups in total. The highest BCUT2D eigenvalue weighted by Crippen LogP contribution is 2.28. The molecule has 0 saturated heterocycles. The standard InChI is InChI=1S/C16H17ClFNO3S/c1-3-22-15-9-6-13(17)10-16(15)23(20,21)19-11(2)12-4-7-14(18)8-5-12/h4-11,19H,3H2,1-2H3. The van der Waals surface area contributed by atoms with E-state index < -0.39 is 16.1 Å². The van der Waals surface area contributed by atoms with Crippen LogP contribution in [0.2, 0.25) is 5.02 Å². The molecule has 0 fully saturated rings. The van der Waals surface area contributed by atoms with Gasteiger partial charge in [0.05, 0.1) is 6.61 Å². The van der Waals surface area contributed by atoms with Gasteiger partial charge < -0.3 is 4.74 Å². The second kappa shape index (κ2) is 7.29. The number of hydrogen-bond donors (Lipinski definition) is 1. The first-order valence-corrected chi connectivity index (χ1v) is 8.89. The summed E-state index contributed by atoms with van der Waals surface area (Å²) in [6.07, 6.45) is 0. The van der Waals surface area contributed by atoms with Crippen LogP contribution in [0.25, 0.3) is 0 Å². The number of benzene rings is 2. The predicted octanol–water partition coefficient (Wildman–Crippen LogP) is 3.92. The molecule has 2 rings (SSSR count). The topological polar surface area (TPSA) is 55.4 Å². The van der Waals surface area contributed by atoms with Crippen LogP contribution in [-0.4, -0.2) is 15.0 Å². The molecule has 0 aliphatic heterocycles. The predicted molar refractivity (Wildman–Crippen MR) is 87.8 cm³/mol. The first kappa shape index (κ1) is 17.7. The average Bonchev–Trinajstić information content (AvgIpc) is 2.49. The van der Waals surface area contributed by atoms with Crippen LogP contribution in [-0.2, 0) is 10.0 Å². The fourth-order valence-corrected chi connectivity index (χ4v) is 3.72. The number of ether oxygens (including phenoxy) is 1. The molecule has 0 radical (unpaired) electrons. The lowest BCUT2D eigenvalue weighted by Gasteiger charge is -2.17. The van der Waals surface area contributed by atoms with E-state index in [-0.39, 0.29) is 16.5 Å². The number of nitrogens with one attached hydrogen (secondary N) is 1. The molecule has 0 aromatic heterocycles. The average molecular weight is 358 g/mol. The molecule has 0 spiro atoms. The molecule has 0 saturated carbocycles. The summed E-state index contributed by atoms with van der Waals surface area (Å²) in [6.45, 7) is 3.77. The number of sulfonamides is 1. The van der Waals surface area contributed by atoms with E-state index in [0.717, 1.165) is 0 Å². The van der Waals surface area contributed by atoms with Crippen molar-refractivity contribution in [3.05, 3.63) is 58.9 Å². The Morgan fingerprint density at radius 2 is 1.87 bits per heavy atom. The lowest BCUT2D eigenvalue weighted by molar-refractivity contribution is 0.331. The normalized spacial score (nSPS) is 12.9. The first-order valence-electron chi connectivity index (χ1n) is 7.03. The van der Waals surface area contributed by atoms with Gasteiger partial charge in [-0.05, 0) is 49.7 Å². The van der Waals surface area contributed by atoms with Gasteiger partial charge in [0.2, 0.25) is 10.0 Å². The quantitative estimate of drug-likeness (QED) is 0.852. The van der Waals surface area contributed by atoms with Crippen LogP contribution < -0.4 is 9.46 Å². The molecule has 0 amide bonds. The van der Waals surface area contributed by atoms with Crippen LogP contribution >= 0.6 is 11.6 Å². The summed E-state index contributed by atoms with van der Waals surface area (Å²) < 4.78 is 46.1. The summed E-state index contributed by atoms with van der Waals surface area (Å²) >= 11 is 5.90. The van der Waals surface area contributed by atoms with Crippen LogP contribution in [0.15, 0.2) is 47.4 Å². The van der Waals surface area contributed by atoms with Gasteiger partial charge in [-0.25, -0.2) is 17.5 Å². The minimum absolute atomic E-state index is 0.0270. The van der Waals surface area contributed by atoms with Crippen molar-refractivity contribution < 1.29 is 17.5 Å². The molecule has 2 aromatic carbocycles. The van der Waals surface area contributed by atoms with Gasteiger partial charge in [-0.2, -0.15) is 0 Å². The van der Waals surface area contributed by atoms with Gasteiger partial charge in [0.25, 0.3) is 0 Å². The molecule has 2 aromatic rings. The van der Waals surface area contributed by atoms with Crippen molar-refractivity contribution in [2.45, 2.75) is 24.8 Å². The molecule has 1 atom stereocenters. The van der Waals surface area contributed by atoms with Crippen LogP contribution in [0.1, 0.15) is 25.5 Å². The summed E-state index contributed by atoms with van der Waals surface area (Å²) in [6, 6.07) is 9.52. The van der Waals surface area contributed by atoms with E-state index >= 15 is 0 Å². The molecule has 1 unspecified atom stereocenters. The second-order valence-electron chi connectivity index (χ2n) is 4.92. The largest absolute Gasteiger partial charge is 0.492 e. The molecular weight excluding hydrogens is 341 g/mol. The smallest absolute Gasteiger partial charge is 0.244 e. The first-order chi connectivity index (χ1) is 10.8. The van der Waals surface area contributed by atoms with E-state index in [0.29, 0.717) is 17.2 Å². The van der Waals surface area contributed by atoms with E-state index in [4.69, 9.17) is 16.3 Å². The summed E-state index contributed by atoms with van der Waals surface area (Å²) in [5.41, 5.74) is 0.648. The third-order valence-corrected chi connectivity index (χ3v) is 4.99. The van der Waals surface area contributed by atoms with Crippen LogP contribution in [0.4, 0.5) is 4.39 Å². The second-order valence-corrected chi connectivity index (χ2v) is 7.04. The minimum Gasteiger partial charge on any atom is -0.492 e. The monoisotopic (exact) mass is 357 g/mol. The molecule has 124 valence electrons. The highest BCUT2D eigenvalue weighted by molar-refractivity contribution is 7.89. The Kier molecular flexibility index (Phi) is 5.62. The van der Waals surface area contributed by atoms with Gasteiger partial charge in [-0.15, -0.1) is 0 Å². The molecule has 0 aliphatic carbocycles. The van der Waals surface area contributed by atoms with Crippen molar-refractivity contribution in [2.75, 3.05) is 6.61 Å². The third kappa shape index (κ3) is 4.43. The van der Waals surface area contributed by atoms with Gasteiger partial charge in [0.1, 0.15) is 16.5 Å². The highest BCUT2D eigenvalue weighted by atomic mass is 35.5. The zero-order chi connectivity index (χ0) is 17.0. The maximum atomic E-state index is 13.0. The fraction of sp³-hybridized carbons (Fsp3) is 0.250. The van der Waals surface area contributed by atoms with Crippen molar-refractivity contribution in [3.63, 3.8) is 0 Å². The number of halogens is 2. The Labute approximate surface area is 140 Å². The van der Waals surface area contributed by atoms with Gasteiger partial charge in [0.15, 0.2) is 0 Å². The number of hydrogen-bond acceptors (Lipinski definition) is 3. The van der Waals surface area contributed by atoms with Gasteiger partial charge >= 0.3 is 0 Å². The Balaban J connectivity index is 2.31. The zero-order valence-electron chi connectivity index (χ0n) is 12.7. The summed E-state index contributed by atoms with van der Waals surface area (Å²) in [5.74, 6) is -0.145. The molecule has 23 heavy (non-hydrogen) atoms. The van der Waals surface area contributed by atoms with Crippen molar-refractivity contribution in [1.82, 2.24) is 4.72 Å². The van der Waals surface area contributed by atoms with Crippen LogP contribution in [0.5, 0.6) is 5.75 Å². The zero-order valence-corrected chi connectivity index (χ0v) is 14.3. The lowest BCUT2D eigenvalue weighted by atomic mass is 10.1. The number of rotatable bonds is 6. The van der Waals surface area contributed by atoms with Gasteiger partial charge in [-0.1, -0.05) is 23.7 Å². The minimum atomic E-state index is -3.85. The fourth-order valence-electron chi connectivity index (χ4n) is 2.08. The third-order valence-electron chi connectivity index (χ3n) is 3.20. The summed E-state index contributed by atoms with van der Waals surface area (Å²) in [5, 5.41) is 0.295. The van der Waals surface area contributed by atoms with E-state index in [9.17, 15) is 12.8 Å². The summed E-state index contributed by atoms with van der Waals surface area (Å²) in [4.78, 5) is -0.0270. The van der Waals surface area contributed by atoms with Crippen molar-refractivity contribution in [2.24, 2.45) is 0 Å². The molecule has 0 heterocycles. The van der Waals surface area contributed by atoms with E-state index in [1.54, 1.807) is 19.9 Å². The Morgan fingerprint density at radius 3 is 2.48 bits per heavy atom. The molecule has 0 bridgehead atoms. The maximum absolute atomic E-state index is 13.0. The Morgan fingerprint density at radius 1 is 1.22 bits per heavy atom. The maximum Gasteiger partial charge on any atom is 0.244 e. The summed E-state index contributed by atoms with van der Waals surface area (Å²) in [7, 11) is -3.85. The van der Waals surface area contributed by atoms with Crippen LogP contribution in [0, 0.1) is 5.82 Å². The van der Waals surface area contributed by atoms with Gasteiger partial charge in [-0.3, -0.25) is 0 Å². The van der Waals surface area contributed by atoms with E-state index in [1.807, 2.05) is 0 Å². The Bertz CT molecular complexity index is 778. The van der Waals surface area contributed by atoms with Gasteiger partial charge in [0, 0.05) is 11.1 Å². The highest BCUT2D eigenvalue weighted by Gasteiger charge is 2.23. The molecule has 7 heteroatoms. The Hall–Kier alpha value is -1.63. The SMILES string of the molecule is CCOc1ccc(Cl)cc1S(=O)(=O)NC(C)c1ccc(F)cc1. The molecule has 0 aliphatic rings. The van der Waals surface area contributed by atoms with E-state index in [1.165, 1.54) is 36.4 Å². The van der Waals surface area contributed by atoms with Crippen molar-refractivity contribution >= 4 is 21.6 Å². The van der Waals surface area contributed by atoms with Crippen molar-refractivity contribution in [3.8, 4) is 5.75 Å². The lowest BCUT2D eigenvalue weighted by Crippen LogP contribution is -2.27. The van der Waals surface area contributed by atoms with E-state index in [2.05, 4.69) is 4.72 Å². The molecule has 4 nitrogen and oxygen atoms in total. The van der Waals surface area contributed by atoms with Crippen LogP contribution in [0.3, 0.4) is 0 Å².